The van der Waals surface area contributed by atoms with Gasteiger partial charge in [0.15, 0.2) is 0 Å². The summed E-state index contributed by atoms with van der Waals surface area (Å²) in [6, 6.07) is -0.690. The molecular formula is C6H13NO2. The zero-order valence-corrected chi connectivity index (χ0v) is 5.79. The lowest BCUT2D eigenvalue weighted by Gasteiger charge is -2.07. The van der Waals surface area contributed by atoms with E-state index in [9.17, 15) is 4.79 Å². The average Bonchev–Trinajstić information content (AvgIpc) is 1.63. The van der Waals surface area contributed by atoms with Gasteiger partial charge in [0, 0.05) is 0 Å². The first-order valence-electron chi connectivity index (χ1n) is 3.02. The maximum Gasteiger partial charge on any atom is 0.320 e. The second-order valence-corrected chi connectivity index (χ2v) is 2.57. The van der Waals surface area contributed by atoms with E-state index >= 15 is 0 Å². The first-order valence-corrected chi connectivity index (χ1v) is 3.02. The van der Waals surface area contributed by atoms with Crippen molar-refractivity contribution in [2.24, 2.45) is 11.7 Å². The molecule has 0 heterocycles. The van der Waals surface area contributed by atoms with Crippen molar-refractivity contribution in [3.63, 3.8) is 0 Å². The van der Waals surface area contributed by atoms with E-state index in [1.54, 1.807) is 0 Å². The van der Waals surface area contributed by atoms with Crippen LogP contribution in [-0.4, -0.2) is 17.1 Å². The van der Waals surface area contributed by atoms with E-state index in [0.717, 1.165) is 0 Å². The van der Waals surface area contributed by atoms with Crippen molar-refractivity contribution in [2.75, 3.05) is 0 Å². The monoisotopic (exact) mass is 132 g/mol. The summed E-state index contributed by atoms with van der Waals surface area (Å²) < 4.78 is 0. The minimum absolute atomic E-state index is 0.357. The maximum absolute atomic E-state index is 10.1. The second kappa shape index (κ2) is 3.45. The number of hydrogen-bond acceptors (Lipinski definition) is 2. The van der Waals surface area contributed by atoms with Gasteiger partial charge in [-0.25, -0.2) is 0 Å². The van der Waals surface area contributed by atoms with Crippen LogP contribution in [0, 0.1) is 5.92 Å². The molecule has 0 aromatic heterocycles. The predicted molar refractivity (Wildman–Crippen MR) is 35.1 cm³/mol. The zero-order chi connectivity index (χ0) is 7.44. The molecular weight excluding hydrogens is 119 g/mol. The van der Waals surface area contributed by atoms with E-state index in [2.05, 4.69) is 0 Å². The van der Waals surface area contributed by atoms with Gasteiger partial charge in [-0.05, 0) is 12.3 Å². The first-order chi connectivity index (χ1) is 4.04. The van der Waals surface area contributed by atoms with Crippen LogP contribution in [0.3, 0.4) is 0 Å². The molecule has 0 aromatic carbocycles. The van der Waals surface area contributed by atoms with Crippen molar-refractivity contribution in [3.8, 4) is 0 Å². The van der Waals surface area contributed by atoms with Gasteiger partial charge in [-0.3, -0.25) is 4.79 Å². The molecule has 0 bridgehead atoms. The Morgan fingerprint density at radius 3 is 2.22 bits per heavy atom. The molecule has 0 aromatic rings. The molecule has 0 aliphatic rings. The van der Waals surface area contributed by atoms with Crippen molar-refractivity contribution < 1.29 is 9.90 Å². The van der Waals surface area contributed by atoms with Gasteiger partial charge < -0.3 is 10.8 Å². The summed E-state index contributed by atoms with van der Waals surface area (Å²) in [5.41, 5.74) is 5.22. The van der Waals surface area contributed by atoms with Crippen molar-refractivity contribution in [2.45, 2.75) is 26.3 Å². The van der Waals surface area contributed by atoms with Crippen molar-refractivity contribution >= 4 is 5.97 Å². The average molecular weight is 132 g/mol. The minimum atomic E-state index is -0.913. The Balaban J connectivity index is 3.50. The summed E-state index contributed by atoms with van der Waals surface area (Å²) >= 11 is 0. The van der Waals surface area contributed by atoms with Crippen LogP contribution in [0.4, 0.5) is 0 Å². The number of carboxylic acids is 1. The molecule has 0 aliphatic carbocycles. The van der Waals surface area contributed by atoms with Gasteiger partial charge in [0.2, 0.25) is 0 Å². The third-order valence-electron chi connectivity index (χ3n) is 1.04. The summed E-state index contributed by atoms with van der Waals surface area (Å²) in [6.45, 7) is 3.89. The van der Waals surface area contributed by atoms with Crippen LogP contribution < -0.4 is 5.73 Å². The Bertz CT molecular complexity index is 101. The summed E-state index contributed by atoms with van der Waals surface area (Å²) in [6.07, 6.45) is 0.551. The van der Waals surface area contributed by atoms with Crippen LogP contribution in [0.2, 0.25) is 0 Å². The van der Waals surface area contributed by atoms with Gasteiger partial charge >= 0.3 is 5.97 Å². The third kappa shape index (κ3) is 3.97. The summed E-state index contributed by atoms with van der Waals surface area (Å²) in [4.78, 5) is 10.1. The highest BCUT2D eigenvalue weighted by molar-refractivity contribution is 5.72. The van der Waals surface area contributed by atoms with Crippen LogP contribution >= 0.6 is 0 Å². The highest BCUT2D eigenvalue weighted by Gasteiger charge is 2.11. The Morgan fingerprint density at radius 1 is 1.67 bits per heavy atom. The molecule has 0 saturated heterocycles. The molecule has 0 fully saturated rings. The van der Waals surface area contributed by atoms with Crippen LogP contribution in [0.1, 0.15) is 20.3 Å². The molecule has 0 aliphatic heterocycles. The number of carboxylic acid groups (broad SMARTS) is 1. The maximum atomic E-state index is 10.1. The normalized spacial score (nSPS) is 13.8. The lowest BCUT2D eigenvalue weighted by Crippen LogP contribution is -2.31. The van der Waals surface area contributed by atoms with E-state index in [1.165, 1.54) is 0 Å². The largest absolute Gasteiger partial charge is 0.480 e. The topological polar surface area (TPSA) is 63.3 Å². The third-order valence-corrected chi connectivity index (χ3v) is 1.04. The standard InChI is InChI=1S/C6H13NO2/c1-4(2)3-5(7)6(8)9/h4-5H,3,7H2,1-2H3,(H,8,9)/t5-/m1/s1/i7+1. The van der Waals surface area contributed by atoms with Gasteiger partial charge in [0.05, 0.1) is 0 Å². The molecule has 3 nitrogen and oxygen atoms in total. The molecule has 3 heteroatoms. The molecule has 0 radical (unpaired) electrons. The predicted octanol–water partition coefficient (Wildman–Crippen LogP) is 0.444. The van der Waals surface area contributed by atoms with Crippen molar-refractivity contribution in [1.82, 2.24) is 0 Å². The highest BCUT2D eigenvalue weighted by Crippen LogP contribution is 2.01. The Hall–Kier alpha value is -0.570. The first kappa shape index (κ1) is 8.43. The smallest absolute Gasteiger partial charge is 0.320 e. The Labute approximate surface area is 54.9 Å². The van der Waals surface area contributed by atoms with E-state index < -0.39 is 12.0 Å². The second-order valence-electron chi connectivity index (χ2n) is 2.57. The Morgan fingerprint density at radius 2 is 2.11 bits per heavy atom. The number of carbonyl (C=O) groups is 1. The quantitative estimate of drug-likeness (QED) is 0.548. The molecule has 9 heavy (non-hydrogen) atoms. The van der Waals surface area contributed by atoms with Crippen LogP contribution in [-0.2, 0) is 4.79 Å². The van der Waals surface area contributed by atoms with Crippen molar-refractivity contribution in [1.29, 1.82) is 0 Å². The fourth-order valence-corrected chi connectivity index (χ4v) is 0.609. The molecule has 0 amide bonds. The lowest BCUT2D eigenvalue weighted by atomic mass is 10.1. The van der Waals surface area contributed by atoms with Crippen LogP contribution in [0.25, 0.3) is 0 Å². The van der Waals surface area contributed by atoms with Gasteiger partial charge in [0.1, 0.15) is 6.04 Å². The zero-order valence-electron chi connectivity index (χ0n) is 5.79. The lowest BCUT2D eigenvalue weighted by molar-refractivity contribution is -0.138. The molecule has 0 saturated carbocycles. The van der Waals surface area contributed by atoms with E-state index in [1.807, 2.05) is 13.8 Å². The molecule has 0 spiro atoms. The van der Waals surface area contributed by atoms with E-state index in [0.29, 0.717) is 12.3 Å². The molecule has 0 rings (SSSR count). The Kier molecular flexibility index (Phi) is 3.24. The van der Waals surface area contributed by atoms with Gasteiger partial charge in [-0.2, -0.15) is 0 Å². The SMILES string of the molecule is CC(C)C[C@@H]([15NH2])C(=O)O. The molecule has 3 N–H and O–H groups in total. The minimum Gasteiger partial charge on any atom is -0.480 e. The van der Waals surface area contributed by atoms with Gasteiger partial charge in [0.25, 0.3) is 0 Å². The van der Waals surface area contributed by atoms with Crippen LogP contribution in [0.5, 0.6) is 0 Å². The molecule has 1 atom stereocenters. The number of rotatable bonds is 3. The van der Waals surface area contributed by atoms with E-state index in [4.69, 9.17) is 10.8 Å². The summed E-state index contributed by atoms with van der Waals surface area (Å²) in [7, 11) is 0. The summed E-state index contributed by atoms with van der Waals surface area (Å²) in [5, 5.41) is 8.31. The fourth-order valence-electron chi connectivity index (χ4n) is 0.609. The molecule has 0 unspecified atom stereocenters. The summed E-state index contributed by atoms with van der Waals surface area (Å²) in [5.74, 6) is -0.556. The van der Waals surface area contributed by atoms with Gasteiger partial charge in [-0.15, -0.1) is 0 Å². The van der Waals surface area contributed by atoms with Gasteiger partial charge in [-0.1, -0.05) is 13.8 Å². The molecule has 54 valence electrons. The van der Waals surface area contributed by atoms with Crippen LogP contribution in [0.15, 0.2) is 0 Å². The fraction of sp³-hybridized carbons (Fsp3) is 0.833. The number of aliphatic carboxylic acids is 1. The van der Waals surface area contributed by atoms with E-state index in [-0.39, 0.29) is 0 Å². The highest BCUT2D eigenvalue weighted by atomic mass is 16.4. The number of hydrogen-bond donors (Lipinski definition) is 2. The number of nitrogens with two attached hydrogens (primary N) is 1. The van der Waals surface area contributed by atoms with Crippen molar-refractivity contribution in [3.05, 3.63) is 0 Å².